The molecule has 0 atom stereocenters. The number of carbonyl (C=O) groups excluding carboxylic acids is 2. The van der Waals surface area contributed by atoms with Crippen molar-refractivity contribution < 1.29 is 9.59 Å². The molecule has 2 fully saturated rings. The number of hydrogen-bond donors (Lipinski definition) is 0. The Kier molecular flexibility index (Phi) is 5.67. The van der Waals surface area contributed by atoms with Crippen LogP contribution in [-0.2, 0) is 16.1 Å². The first-order chi connectivity index (χ1) is 14.3. The highest BCUT2D eigenvalue weighted by atomic mass is 16.2. The fourth-order valence-electron chi connectivity index (χ4n) is 4.22. The van der Waals surface area contributed by atoms with E-state index in [2.05, 4.69) is 41.0 Å². The fourth-order valence-corrected chi connectivity index (χ4v) is 4.22. The number of carbonyl (C=O) groups is 2. The van der Waals surface area contributed by atoms with Crippen LogP contribution in [0, 0.1) is 12.8 Å². The van der Waals surface area contributed by atoms with Crippen molar-refractivity contribution in [3.05, 3.63) is 35.4 Å². The second-order valence-corrected chi connectivity index (χ2v) is 9.01. The van der Waals surface area contributed by atoms with Gasteiger partial charge in [-0.1, -0.05) is 26.0 Å². The summed E-state index contributed by atoms with van der Waals surface area (Å²) in [7, 11) is 0. The van der Waals surface area contributed by atoms with E-state index >= 15 is 0 Å². The molecule has 1 aliphatic heterocycles. The summed E-state index contributed by atoms with van der Waals surface area (Å²) in [5, 5.41) is 1.11. The third-order valence-electron chi connectivity index (χ3n) is 6.16. The molecule has 1 aliphatic carbocycles. The number of aryl methyl sites for hydroxylation is 1. The molecule has 2 aromatic rings. The van der Waals surface area contributed by atoms with E-state index in [4.69, 9.17) is 4.98 Å². The van der Waals surface area contributed by atoms with Gasteiger partial charge in [0.05, 0.1) is 5.52 Å². The van der Waals surface area contributed by atoms with Gasteiger partial charge in [0.15, 0.2) is 0 Å². The molecule has 1 aromatic heterocycles. The Labute approximate surface area is 178 Å². The molecule has 6 heteroatoms. The summed E-state index contributed by atoms with van der Waals surface area (Å²) in [5.41, 5.74) is 3.27. The number of pyridine rings is 1. The largest absolute Gasteiger partial charge is 0.353 e. The van der Waals surface area contributed by atoms with Crippen LogP contribution in [0.3, 0.4) is 0 Å². The number of aromatic nitrogens is 1. The Morgan fingerprint density at radius 2 is 1.83 bits per heavy atom. The van der Waals surface area contributed by atoms with E-state index in [1.807, 2.05) is 18.7 Å². The molecule has 1 saturated heterocycles. The summed E-state index contributed by atoms with van der Waals surface area (Å²) in [5.74, 6) is 1.29. The second-order valence-electron chi connectivity index (χ2n) is 9.01. The molecule has 1 aromatic carbocycles. The standard InChI is InChI=1S/C24H32N4O2/c1-16(2)24(30)28(21-7-8-21)15-20-14-19-6-5-17(3)13-22(19)25-23(20)27-11-9-26(10-12-27)18(4)29/h5-6,13-14,16,21H,7-12,15H2,1-4H3. The highest BCUT2D eigenvalue weighted by Crippen LogP contribution is 2.33. The number of nitrogens with zero attached hydrogens (tertiary/aromatic N) is 4. The van der Waals surface area contributed by atoms with Crippen LogP contribution in [-0.4, -0.2) is 58.8 Å². The van der Waals surface area contributed by atoms with Crippen molar-refractivity contribution in [2.45, 2.75) is 53.1 Å². The molecule has 160 valence electrons. The van der Waals surface area contributed by atoms with E-state index in [0.29, 0.717) is 25.7 Å². The molecule has 6 nitrogen and oxygen atoms in total. The predicted octanol–water partition coefficient (Wildman–Crippen LogP) is 3.36. The molecular formula is C24H32N4O2. The van der Waals surface area contributed by atoms with Gasteiger partial charge in [-0.05, 0) is 37.5 Å². The van der Waals surface area contributed by atoms with Crippen LogP contribution in [0.4, 0.5) is 5.82 Å². The van der Waals surface area contributed by atoms with Gasteiger partial charge in [0, 0.05) is 62.6 Å². The highest BCUT2D eigenvalue weighted by molar-refractivity contribution is 5.83. The lowest BCUT2D eigenvalue weighted by Gasteiger charge is -2.36. The number of amides is 2. The van der Waals surface area contributed by atoms with Crippen LogP contribution in [0.15, 0.2) is 24.3 Å². The molecule has 2 amide bonds. The molecule has 0 unspecified atom stereocenters. The summed E-state index contributed by atoms with van der Waals surface area (Å²) in [6.45, 7) is 11.2. The first-order valence-corrected chi connectivity index (χ1v) is 11.0. The summed E-state index contributed by atoms with van der Waals surface area (Å²) in [6.07, 6.45) is 2.18. The minimum atomic E-state index is -0.00998. The molecule has 0 bridgehead atoms. The van der Waals surface area contributed by atoms with Crippen molar-refractivity contribution in [3.63, 3.8) is 0 Å². The van der Waals surface area contributed by atoms with Gasteiger partial charge in [0.2, 0.25) is 11.8 Å². The first kappa shape index (κ1) is 20.6. The Balaban J connectivity index is 1.69. The Morgan fingerprint density at radius 1 is 1.13 bits per heavy atom. The zero-order chi connectivity index (χ0) is 21.4. The maximum Gasteiger partial charge on any atom is 0.225 e. The fraction of sp³-hybridized carbons (Fsp3) is 0.542. The van der Waals surface area contributed by atoms with Crippen molar-refractivity contribution >= 4 is 28.5 Å². The molecule has 2 aliphatic rings. The normalized spacial score (nSPS) is 17.0. The van der Waals surface area contributed by atoms with Crippen LogP contribution in [0.5, 0.6) is 0 Å². The van der Waals surface area contributed by atoms with Gasteiger partial charge in [-0.25, -0.2) is 4.98 Å². The van der Waals surface area contributed by atoms with E-state index in [1.54, 1.807) is 6.92 Å². The number of anilines is 1. The first-order valence-electron chi connectivity index (χ1n) is 11.0. The summed E-state index contributed by atoms with van der Waals surface area (Å²) in [6, 6.07) is 8.90. The smallest absolute Gasteiger partial charge is 0.225 e. The Morgan fingerprint density at radius 3 is 2.43 bits per heavy atom. The van der Waals surface area contributed by atoms with E-state index in [1.165, 1.54) is 5.56 Å². The summed E-state index contributed by atoms with van der Waals surface area (Å²) in [4.78, 5) is 35.9. The number of hydrogen-bond acceptors (Lipinski definition) is 4. The zero-order valence-electron chi connectivity index (χ0n) is 18.5. The van der Waals surface area contributed by atoms with E-state index < -0.39 is 0 Å². The molecule has 0 N–H and O–H groups in total. The van der Waals surface area contributed by atoms with Crippen molar-refractivity contribution in [1.29, 1.82) is 0 Å². The SMILES string of the molecule is CC(=O)N1CCN(c2nc3cc(C)ccc3cc2CN(C(=O)C(C)C)C2CC2)CC1. The lowest BCUT2D eigenvalue weighted by atomic mass is 10.1. The topological polar surface area (TPSA) is 56.8 Å². The monoisotopic (exact) mass is 408 g/mol. The number of benzene rings is 1. The van der Waals surface area contributed by atoms with Crippen LogP contribution >= 0.6 is 0 Å². The zero-order valence-corrected chi connectivity index (χ0v) is 18.5. The quantitative estimate of drug-likeness (QED) is 0.761. The van der Waals surface area contributed by atoms with Crippen LogP contribution in [0.25, 0.3) is 10.9 Å². The molecule has 2 heterocycles. The lowest BCUT2D eigenvalue weighted by Crippen LogP contribution is -2.48. The van der Waals surface area contributed by atoms with Crippen LogP contribution < -0.4 is 4.90 Å². The summed E-state index contributed by atoms with van der Waals surface area (Å²) < 4.78 is 0. The van der Waals surface area contributed by atoms with E-state index in [0.717, 1.165) is 48.2 Å². The second kappa shape index (κ2) is 8.25. The third-order valence-corrected chi connectivity index (χ3v) is 6.16. The van der Waals surface area contributed by atoms with Gasteiger partial charge in [0.25, 0.3) is 0 Å². The van der Waals surface area contributed by atoms with Gasteiger partial charge < -0.3 is 14.7 Å². The predicted molar refractivity (Wildman–Crippen MR) is 119 cm³/mol. The van der Waals surface area contributed by atoms with Gasteiger partial charge in [0.1, 0.15) is 5.82 Å². The summed E-state index contributed by atoms with van der Waals surface area (Å²) >= 11 is 0. The highest BCUT2D eigenvalue weighted by Gasteiger charge is 2.34. The van der Waals surface area contributed by atoms with Gasteiger partial charge >= 0.3 is 0 Å². The molecular weight excluding hydrogens is 376 g/mol. The lowest BCUT2D eigenvalue weighted by molar-refractivity contribution is -0.135. The van der Waals surface area contributed by atoms with Gasteiger partial charge in [-0.2, -0.15) is 0 Å². The van der Waals surface area contributed by atoms with E-state index in [9.17, 15) is 9.59 Å². The van der Waals surface area contributed by atoms with Gasteiger partial charge in [-0.3, -0.25) is 9.59 Å². The van der Waals surface area contributed by atoms with Crippen molar-refractivity contribution in [3.8, 4) is 0 Å². The Hall–Kier alpha value is -2.63. The number of fused-ring (bicyclic) bond motifs is 1. The molecule has 30 heavy (non-hydrogen) atoms. The van der Waals surface area contributed by atoms with Crippen molar-refractivity contribution in [2.75, 3.05) is 31.1 Å². The minimum Gasteiger partial charge on any atom is -0.353 e. The molecule has 0 radical (unpaired) electrons. The van der Waals surface area contributed by atoms with Gasteiger partial charge in [-0.15, -0.1) is 0 Å². The van der Waals surface area contributed by atoms with Crippen LogP contribution in [0.2, 0.25) is 0 Å². The minimum absolute atomic E-state index is 0.00998. The average molecular weight is 409 g/mol. The Bertz CT molecular complexity index is 959. The average Bonchev–Trinajstić information content (AvgIpc) is 3.56. The number of piperazine rings is 1. The molecule has 0 spiro atoms. The van der Waals surface area contributed by atoms with E-state index in [-0.39, 0.29) is 17.7 Å². The maximum atomic E-state index is 12.9. The maximum absolute atomic E-state index is 12.9. The van der Waals surface area contributed by atoms with Crippen LogP contribution in [0.1, 0.15) is 44.7 Å². The van der Waals surface area contributed by atoms with Crippen molar-refractivity contribution in [2.24, 2.45) is 5.92 Å². The number of rotatable bonds is 5. The molecule has 1 saturated carbocycles. The van der Waals surface area contributed by atoms with Crippen molar-refractivity contribution in [1.82, 2.24) is 14.8 Å². The molecule has 4 rings (SSSR count). The third kappa shape index (κ3) is 4.27.